The molecule has 3 aromatic rings. The lowest BCUT2D eigenvalue weighted by Crippen LogP contribution is -2.18. The Balaban J connectivity index is 1.84. The van der Waals surface area contributed by atoms with E-state index in [1.54, 1.807) is 18.2 Å². The molecule has 0 atom stereocenters. The SMILES string of the molecule is O=C(NO)c1ccc(/C=C/c2cc(-c3ccc(C(F)(F)F)cc3)ncc2F)cc1. The molecule has 0 spiro atoms. The molecule has 1 amide bonds. The number of nitrogens with one attached hydrogen (secondary N) is 1. The Bertz CT molecular complexity index is 1040. The molecule has 0 aliphatic heterocycles. The minimum absolute atomic E-state index is 0.201. The van der Waals surface area contributed by atoms with Crippen molar-refractivity contribution in [1.82, 2.24) is 10.5 Å². The van der Waals surface area contributed by atoms with Crippen LogP contribution in [0.5, 0.6) is 0 Å². The van der Waals surface area contributed by atoms with Gasteiger partial charge in [-0.25, -0.2) is 9.87 Å². The van der Waals surface area contributed by atoms with Crippen molar-refractivity contribution in [3.63, 3.8) is 0 Å². The summed E-state index contributed by atoms with van der Waals surface area (Å²) in [5, 5.41) is 8.60. The van der Waals surface area contributed by atoms with Crippen LogP contribution in [0.15, 0.2) is 60.8 Å². The second-order valence-electron chi connectivity index (χ2n) is 6.06. The van der Waals surface area contributed by atoms with Gasteiger partial charge < -0.3 is 0 Å². The third-order valence-electron chi connectivity index (χ3n) is 4.12. The van der Waals surface area contributed by atoms with E-state index in [1.165, 1.54) is 41.9 Å². The van der Waals surface area contributed by atoms with Crippen LogP contribution in [-0.4, -0.2) is 16.1 Å². The summed E-state index contributed by atoms with van der Waals surface area (Å²) in [6.07, 6.45) is -0.335. The minimum atomic E-state index is -4.43. The van der Waals surface area contributed by atoms with Gasteiger partial charge in [0, 0.05) is 16.7 Å². The first kappa shape index (κ1) is 20.2. The Kier molecular flexibility index (Phi) is 5.74. The molecule has 3 rings (SSSR count). The molecule has 0 saturated heterocycles. The smallest absolute Gasteiger partial charge is 0.288 e. The molecule has 0 fully saturated rings. The van der Waals surface area contributed by atoms with Gasteiger partial charge in [0.05, 0.1) is 17.5 Å². The normalized spacial score (nSPS) is 11.6. The number of carbonyl (C=O) groups excluding carboxylic acids is 1. The van der Waals surface area contributed by atoms with Crippen molar-refractivity contribution >= 4 is 18.1 Å². The molecule has 2 aromatic carbocycles. The maximum absolute atomic E-state index is 14.1. The Hall–Kier alpha value is -3.52. The van der Waals surface area contributed by atoms with Crippen LogP contribution in [0.4, 0.5) is 17.6 Å². The summed E-state index contributed by atoms with van der Waals surface area (Å²) >= 11 is 0. The number of hydrogen-bond donors (Lipinski definition) is 2. The molecule has 0 aliphatic rings. The molecular formula is C21H14F4N2O2. The zero-order valence-electron chi connectivity index (χ0n) is 14.7. The Morgan fingerprint density at radius 1 is 1.00 bits per heavy atom. The molecule has 4 nitrogen and oxygen atoms in total. The van der Waals surface area contributed by atoms with Gasteiger partial charge in [0.25, 0.3) is 5.91 Å². The highest BCUT2D eigenvalue weighted by Crippen LogP contribution is 2.31. The van der Waals surface area contributed by atoms with Gasteiger partial charge >= 0.3 is 6.18 Å². The number of hydroxylamine groups is 1. The van der Waals surface area contributed by atoms with E-state index in [4.69, 9.17) is 5.21 Å². The maximum atomic E-state index is 14.1. The van der Waals surface area contributed by atoms with E-state index in [0.29, 0.717) is 16.8 Å². The zero-order chi connectivity index (χ0) is 21.0. The number of rotatable bonds is 4. The second-order valence-corrected chi connectivity index (χ2v) is 6.06. The van der Waals surface area contributed by atoms with Crippen LogP contribution in [0.25, 0.3) is 23.4 Å². The van der Waals surface area contributed by atoms with Crippen LogP contribution >= 0.6 is 0 Å². The van der Waals surface area contributed by atoms with Crippen molar-refractivity contribution in [2.75, 3.05) is 0 Å². The first-order chi connectivity index (χ1) is 13.8. The summed E-state index contributed by atoms with van der Waals surface area (Å²) in [7, 11) is 0. The van der Waals surface area contributed by atoms with Crippen LogP contribution in [0.1, 0.15) is 27.0 Å². The van der Waals surface area contributed by atoms with E-state index in [0.717, 1.165) is 18.3 Å². The standard InChI is InChI=1S/C21H14F4N2O2/c22-18-12-26-19(14-7-9-17(10-8-14)21(23,24)25)11-16(18)6-3-13-1-4-15(5-2-13)20(28)27-29/h1-12,29H,(H,27,28)/b6-3+. The molecule has 148 valence electrons. The molecule has 1 aromatic heterocycles. The van der Waals surface area contributed by atoms with E-state index in [-0.39, 0.29) is 11.1 Å². The van der Waals surface area contributed by atoms with Crippen LogP contribution in [0.3, 0.4) is 0 Å². The number of hydrogen-bond acceptors (Lipinski definition) is 3. The predicted molar refractivity (Wildman–Crippen MR) is 99.3 cm³/mol. The zero-order valence-corrected chi connectivity index (χ0v) is 14.7. The fourth-order valence-electron chi connectivity index (χ4n) is 2.57. The fraction of sp³-hybridized carbons (Fsp3) is 0.0476. The molecule has 8 heteroatoms. The summed E-state index contributed by atoms with van der Waals surface area (Å²) < 4.78 is 52.1. The summed E-state index contributed by atoms with van der Waals surface area (Å²) in [5.41, 5.74) is 2.63. The van der Waals surface area contributed by atoms with Crippen LogP contribution in [0, 0.1) is 5.82 Å². The van der Waals surface area contributed by atoms with Gasteiger partial charge in [-0.1, -0.05) is 36.4 Å². The summed E-state index contributed by atoms with van der Waals surface area (Å²) in [5.74, 6) is -1.24. The average Bonchev–Trinajstić information content (AvgIpc) is 2.72. The Labute approximate surface area is 163 Å². The van der Waals surface area contributed by atoms with E-state index >= 15 is 0 Å². The van der Waals surface area contributed by atoms with E-state index in [2.05, 4.69) is 4.98 Å². The number of alkyl halides is 3. The first-order valence-corrected chi connectivity index (χ1v) is 8.33. The lowest BCUT2D eigenvalue weighted by molar-refractivity contribution is -0.137. The van der Waals surface area contributed by atoms with E-state index in [1.807, 2.05) is 0 Å². The average molecular weight is 402 g/mol. The van der Waals surface area contributed by atoms with E-state index < -0.39 is 23.5 Å². The highest BCUT2D eigenvalue weighted by molar-refractivity contribution is 5.93. The second kappa shape index (κ2) is 8.24. The van der Waals surface area contributed by atoms with Crippen LogP contribution in [0.2, 0.25) is 0 Å². The van der Waals surface area contributed by atoms with Gasteiger partial charge in [-0.05, 0) is 35.9 Å². The van der Waals surface area contributed by atoms with Gasteiger partial charge in [-0.2, -0.15) is 13.2 Å². The van der Waals surface area contributed by atoms with Crippen molar-refractivity contribution in [3.8, 4) is 11.3 Å². The number of halogens is 4. The summed E-state index contributed by atoms with van der Waals surface area (Å²) in [6.45, 7) is 0. The lowest BCUT2D eigenvalue weighted by atomic mass is 10.1. The number of benzene rings is 2. The Morgan fingerprint density at radius 2 is 1.66 bits per heavy atom. The molecule has 2 N–H and O–H groups in total. The van der Waals surface area contributed by atoms with Gasteiger partial charge in [0.1, 0.15) is 5.82 Å². The number of aromatic nitrogens is 1. The topological polar surface area (TPSA) is 62.2 Å². The van der Waals surface area contributed by atoms with Crippen LogP contribution in [-0.2, 0) is 6.18 Å². The fourth-order valence-corrected chi connectivity index (χ4v) is 2.57. The van der Waals surface area contributed by atoms with Crippen molar-refractivity contribution in [2.45, 2.75) is 6.18 Å². The molecular weight excluding hydrogens is 388 g/mol. The molecule has 0 saturated carbocycles. The molecule has 0 unspecified atom stereocenters. The monoisotopic (exact) mass is 402 g/mol. The van der Waals surface area contributed by atoms with Gasteiger partial charge in [0.2, 0.25) is 0 Å². The van der Waals surface area contributed by atoms with Gasteiger partial charge in [0.15, 0.2) is 0 Å². The number of nitrogens with zero attached hydrogens (tertiary/aromatic N) is 1. The number of amides is 1. The Morgan fingerprint density at radius 3 is 2.24 bits per heavy atom. The third-order valence-corrected chi connectivity index (χ3v) is 4.12. The van der Waals surface area contributed by atoms with Crippen molar-refractivity contribution in [3.05, 3.63) is 88.9 Å². The first-order valence-electron chi connectivity index (χ1n) is 8.33. The quantitative estimate of drug-likeness (QED) is 0.358. The number of pyridine rings is 1. The lowest BCUT2D eigenvalue weighted by Gasteiger charge is -2.08. The third kappa shape index (κ3) is 4.85. The van der Waals surface area contributed by atoms with Crippen molar-refractivity contribution in [2.24, 2.45) is 0 Å². The number of carbonyl (C=O) groups is 1. The highest BCUT2D eigenvalue weighted by Gasteiger charge is 2.30. The minimum Gasteiger partial charge on any atom is -0.288 e. The largest absolute Gasteiger partial charge is 0.416 e. The predicted octanol–water partition coefficient (Wildman–Crippen LogP) is 5.20. The summed E-state index contributed by atoms with van der Waals surface area (Å²) in [6, 6.07) is 12.1. The highest BCUT2D eigenvalue weighted by atomic mass is 19.4. The van der Waals surface area contributed by atoms with Crippen molar-refractivity contribution < 1.29 is 27.6 Å². The van der Waals surface area contributed by atoms with Crippen LogP contribution < -0.4 is 5.48 Å². The molecule has 29 heavy (non-hydrogen) atoms. The van der Waals surface area contributed by atoms with Gasteiger partial charge in [-0.15, -0.1) is 0 Å². The molecule has 0 aliphatic carbocycles. The molecule has 0 radical (unpaired) electrons. The van der Waals surface area contributed by atoms with Crippen molar-refractivity contribution in [1.29, 1.82) is 0 Å². The summed E-state index contributed by atoms with van der Waals surface area (Å²) in [4.78, 5) is 15.2. The van der Waals surface area contributed by atoms with E-state index in [9.17, 15) is 22.4 Å². The molecule has 1 heterocycles. The van der Waals surface area contributed by atoms with Gasteiger partial charge in [-0.3, -0.25) is 15.0 Å². The molecule has 0 bridgehead atoms. The maximum Gasteiger partial charge on any atom is 0.416 e.